The molecule has 0 fully saturated rings. The van der Waals surface area contributed by atoms with Crippen LogP contribution in [-0.2, 0) is 4.79 Å². The third-order valence-electron chi connectivity index (χ3n) is 2.07. The van der Waals surface area contributed by atoms with Crippen molar-refractivity contribution in [3.8, 4) is 12.1 Å². The number of nitrogens with zero attached hydrogens (tertiary/aromatic N) is 2. The van der Waals surface area contributed by atoms with E-state index in [9.17, 15) is 4.79 Å². The minimum Gasteiger partial charge on any atom is -0.296 e. The van der Waals surface area contributed by atoms with Crippen molar-refractivity contribution in [2.75, 3.05) is 0 Å². The first kappa shape index (κ1) is 10.7. The molecule has 0 unspecified atom stereocenters. The second-order valence-electron chi connectivity index (χ2n) is 3.29. The molecule has 0 saturated heterocycles. The molecular formula is C9H12N2O. The molecule has 12 heavy (non-hydrogen) atoms. The van der Waals surface area contributed by atoms with Crippen molar-refractivity contribution >= 4 is 5.78 Å². The Balaban J connectivity index is 4.64. The van der Waals surface area contributed by atoms with Crippen LogP contribution < -0.4 is 0 Å². The van der Waals surface area contributed by atoms with E-state index in [1.165, 1.54) is 0 Å². The van der Waals surface area contributed by atoms with Gasteiger partial charge in [0.15, 0.2) is 11.7 Å². The van der Waals surface area contributed by atoms with Gasteiger partial charge in [0.1, 0.15) is 0 Å². The summed E-state index contributed by atoms with van der Waals surface area (Å²) >= 11 is 0. The zero-order chi connectivity index (χ0) is 9.78. The van der Waals surface area contributed by atoms with Crippen LogP contribution in [0.4, 0.5) is 0 Å². The highest BCUT2D eigenvalue weighted by molar-refractivity contribution is 5.90. The van der Waals surface area contributed by atoms with E-state index < -0.39 is 11.3 Å². The monoisotopic (exact) mass is 164 g/mol. The lowest BCUT2D eigenvalue weighted by atomic mass is 9.80. The molecular weight excluding hydrogens is 152 g/mol. The number of rotatable bonds is 3. The molecule has 3 nitrogen and oxygen atoms in total. The van der Waals surface area contributed by atoms with Gasteiger partial charge in [-0.05, 0) is 6.42 Å². The van der Waals surface area contributed by atoms with Crippen LogP contribution in [0.1, 0.15) is 27.2 Å². The lowest BCUT2D eigenvalue weighted by Gasteiger charge is -2.20. The highest BCUT2D eigenvalue weighted by Crippen LogP contribution is 2.24. The van der Waals surface area contributed by atoms with E-state index in [1.54, 1.807) is 26.0 Å². The Labute approximate surface area is 72.6 Å². The van der Waals surface area contributed by atoms with Crippen LogP contribution in [0.3, 0.4) is 0 Å². The van der Waals surface area contributed by atoms with Gasteiger partial charge in [-0.15, -0.1) is 0 Å². The summed E-state index contributed by atoms with van der Waals surface area (Å²) in [6.45, 7) is 5.36. The zero-order valence-electron chi connectivity index (χ0n) is 7.59. The Morgan fingerprint density at radius 1 is 1.42 bits per heavy atom. The number of carbonyl (C=O) groups excluding carboxylic acids is 1. The molecule has 0 aromatic heterocycles. The molecule has 0 aromatic carbocycles. The van der Waals surface area contributed by atoms with Crippen molar-refractivity contribution in [3.05, 3.63) is 0 Å². The van der Waals surface area contributed by atoms with Gasteiger partial charge in [-0.2, -0.15) is 10.5 Å². The number of Topliss-reactive ketones (excluding diaryl/α,β-unsaturated/α-hetero) is 1. The van der Waals surface area contributed by atoms with E-state index in [4.69, 9.17) is 10.5 Å². The van der Waals surface area contributed by atoms with Crippen LogP contribution in [0.25, 0.3) is 0 Å². The minimum absolute atomic E-state index is 0.282. The highest BCUT2D eigenvalue weighted by atomic mass is 16.1. The van der Waals surface area contributed by atoms with E-state index in [0.717, 1.165) is 0 Å². The molecule has 0 aliphatic heterocycles. The zero-order valence-corrected chi connectivity index (χ0v) is 7.59. The number of hydrogen-bond donors (Lipinski definition) is 0. The van der Waals surface area contributed by atoms with Crippen molar-refractivity contribution in [1.29, 1.82) is 10.5 Å². The summed E-state index contributed by atoms with van der Waals surface area (Å²) in [6.07, 6.45) is 0.645. The summed E-state index contributed by atoms with van der Waals surface area (Å²) in [5.74, 6) is -1.39. The Morgan fingerprint density at radius 3 is 2.08 bits per heavy atom. The molecule has 0 aliphatic rings. The Morgan fingerprint density at radius 2 is 1.83 bits per heavy atom. The molecule has 0 amide bonds. The molecule has 0 heterocycles. The fraction of sp³-hybridized carbons (Fsp3) is 0.667. The van der Waals surface area contributed by atoms with E-state index in [-0.39, 0.29) is 5.78 Å². The number of nitriles is 2. The normalized spacial score (nSPS) is 10.5. The Hall–Kier alpha value is -1.35. The fourth-order valence-corrected chi connectivity index (χ4v) is 0.711. The summed E-state index contributed by atoms with van der Waals surface area (Å²) in [5, 5.41) is 16.9. The molecule has 0 atom stereocenters. The molecule has 0 radical (unpaired) electrons. The molecule has 0 saturated carbocycles. The Bertz CT molecular complexity index is 241. The number of ketones is 1. The van der Waals surface area contributed by atoms with Gasteiger partial charge in [0, 0.05) is 5.41 Å². The molecule has 0 aromatic rings. The predicted octanol–water partition coefficient (Wildman–Crippen LogP) is 1.66. The molecule has 0 aliphatic carbocycles. The first-order valence-corrected chi connectivity index (χ1v) is 3.83. The first-order valence-electron chi connectivity index (χ1n) is 3.83. The SMILES string of the molecule is CCC(C)(C)C(=O)C(C#N)C#N. The smallest absolute Gasteiger partial charge is 0.191 e. The number of carbonyl (C=O) groups is 1. The van der Waals surface area contributed by atoms with Gasteiger partial charge in [0.2, 0.25) is 0 Å². The van der Waals surface area contributed by atoms with Crippen LogP contribution >= 0.6 is 0 Å². The van der Waals surface area contributed by atoms with E-state index in [1.807, 2.05) is 6.92 Å². The van der Waals surface area contributed by atoms with Crippen LogP contribution in [-0.4, -0.2) is 5.78 Å². The molecule has 0 bridgehead atoms. The quantitative estimate of drug-likeness (QED) is 0.637. The number of hydrogen-bond acceptors (Lipinski definition) is 3. The molecule has 0 N–H and O–H groups in total. The lowest BCUT2D eigenvalue weighted by molar-refractivity contribution is -0.128. The second-order valence-corrected chi connectivity index (χ2v) is 3.29. The van der Waals surface area contributed by atoms with Crippen molar-refractivity contribution in [1.82, 2.24) is 0 Å². The van der Waals surface area contributed by atoms with Gasteiger partial charge >= 0.3 is 0 Å². The molecule has 64 valence electrons. The maximum Gasteiger partial charge on any atom is 0.191 e. The van der Waals surface area contributed by atoms with Crippen molar-refractivity contribution in [3.63, 3.8) is 0 Å². The largest absolute Gasteiger partial charge is 0.296 e. The maximum absolute atomic E-state index is 11.4. The van der Waals surface area contributed by atoms with Crippen molar-refractivity contribution in [2.24, 2.45) is 11.3 Å². The van der Waals surface area contributed by atoms with Crippen LogP contribution in [0, 0.1) is 34.0 Å². The summed E-state index contributed by atoms with van der Waals surface area (Å²) in [4.78, 5) is 11.4. The third kappa shape index (κ3) is 2.07. The third-order valence-corrected chi connectivity index (χ3v) is 2.07. The molecule has 0 spiro atoms. The standard InChI is InChI=1S/C9H12N2O/c1-4-9(2,3)8(12)7(5-10)6-11/h7H,4H2,1-3H3. The maximum atomic E-state index is 11.4. The summed E-state index contributed by atoms with van der Waals surface area (Å²) in [6, 6.07) is 3.36. The van der Waals surface area contributed by atoms with Crippen LogP contribution in [0.15, 0.2) is 0 Å². The highest BCUT2D eigenvalue weighted by Gasteiger charge is 2.31. The predicted molar refractivity (Wildman–Crippen MR) is 43.8 cm³/mol. The molecule has 3 heteroatoms. The average Bonchev–Trinajstić information content (AvgIpc) is 2.06. The Kier molecular flexibility index (Phi) is 3.44. The van der Waals surface area contributed by atoms with Gasteiger partial charge in [-0.25, -0.2) is 0 Å². The van der Waals surface area contributed by atoms with Gasteiger partial charge in [-0.3, -0.25) is 4.79 Å². The fourth-order valence-electron chi connectivity index (χ4n) is 0.711. The van der Waals surface area contributed by atoms with Crippen molar-refractivity contribution in [2.45, 2.75) is 27.2 Å². The van der Waals surface area contributed by atoms with Gasteiger partial charge in [0.25, 0.3) is 0 Å². The topological polar surface area (TPSA) is 64.7 Å². The second kappa shape index (κ2) is 3.88. The molecule has 0 rings (SSSR count). The van der Waals surface area contributed by atoms with E-state index >= 15 is 0 Å². The van der Waals surface area contributed by atoms with E-state index in [2.05, 4.69) is 0 Å². The van der Waals surface area contributed by atoms with Crippen LogP contribution in [0.5, 0.6) is 0 Å². The summed E-state index contributed by atoms with van der Waals surface area (Å²) < 4.78 is 0. The van der Waals surface area contributed by atoms with Gasteiger partial charge < -0.3 is 0 Å². The van der Waals surface area contributed by atoms with Crippen molar-refractivity contribution < 1.29 is 4.79 Å². The van der Waals surface area contributed by atoms with Gasteiger partial charge in [0.05, 0.1) is 12.1 Å². The lowest BCUT2D eigenvalue weighted by Crippen LogP contribution is -2.28. The minimum atomic E-state index is -1.11. The average molecular weight is 164 g/mol. The summed E-state index contributed by atoms with van der Waals surface area (Å²) in [7, 11) is 0. The van der Waals surface area contributed by atoms with E-state index in [0.29, 0.717) is 6.42 Å². The van der Waals surface area contributed by atoms with Crippen LogP contribution in [0.2, 0.25) is 0 Å². The summed E-state index contributed by atoms with van der Waals surface area (Å²) in [5.41, 5.74) is -0.559. The first-order chi connectivity index (χ1) is 5.49. The van der Waals surface area contributed by atoms with Gasteiger partial charge in [-0.1, -0.05) is 20.8 Å².